The van der Waals surface area contributed by atoms with Gasteiger partial charge in [0.05, 0.1) is 27.7 Å². The molecule has 9 nitrogen and oxygen atoms in total. The van der Waals surface area contributed by atoms with Crippen molar-refractivity contribution < 1.29 is 42.1 Å². The van der Waals surface area contributed by atoms with E-state index < -0.39 is 26.5 Å². The van der Waals surface area contributed by atoms with Crippen LogP contribution in [0, 0.1) is 0 Å². The van der Waals surface area contributed by atoms with E-state index in [-0.39, 0.29) is 25.6 Å². The number of phosphoric acid groups is 1. The molecule has 0 amide bonds. The summed E-state index contributed by atoms with van der Waals surface area (Å²) in [6.07, 6.45) is 40.8. The van der Waals surface area contributed by atoms with E-state index >= 15 is 0 Å². The third-order valence-electron chi connectivity index (χ3n) is 9.73. The van der Waals surface area contributed by atoms with Gasteiger partial charge in [0.2, 0.25) is 0 Å². The number of phosphoric ester groups is 1. The number of carbonyl (C=O) groups is 2. The number of carbonyl (C=O) groups excluding carboxylic acids is 2. The molecule has 55 heavy (non-hydrogen) atoms. The van der Waals surface area contributed by atoms with E-state index in [2.05, 4.69) is 38.2 Å². The van der Waals surface area contributed by atoms with Crippen molar-refractivity contribution in [2.75, 3.05) is 47.5 Å². The summed E-state index contributed by atoms with van der Waals surface area (Å²) >= 11 is 0. The maximum atomic E-state index is 12.7. The normalized spacial score (nSPS) is 13.8. The fourth-order valence-electron chi connectivity index (χ4n) is 6.15. The monoisotopic (exact) mass is 801 g/mol. The van der Waals surface area contributed by atoms with Crippen molar-refractivity contribution in [2.24, 2.45) is 0 Å². The Labute approximate surface area is 339 Å². The predicted molar refractivity (Wildman–Crippen MR) is 229 cm³/mol. The standard InChI is InChI=1S/C45H86NO8P/c1-6-8-10-12-14-16-18-20-22-23-24-26-27-29-31-33-35-37-44(47)51-41-43(42-53-55(49,50)52-40-39-46(3,4)5)54-45(48)38-36-34-32-30-28-25-21-19-17-15-13-11-9-7-2/h13,15,19,21,43H,6-12,14,16-18,20,22-42H2,1-5H3/p+1/b15-13+,21-19+/t43-/m1/s1. The fraction of sp³-hybridized carbons (Fsp3) is 0.867. The van der Waals surface area contributed by atoms with Gasteiger partial charge in [-0.05, 0) is 38.5 Å². The lowest BCUT2D eigenvalue weighted by Gasteiger charge is -2.24. The molecule has 1 unspecified atom stereocenters. The largest absolute Gasteiger partial charge is 0.472 e. The number of unbranched alkanes of at least 4 members (excludes halogenated alkanes) is 23. The number of esters is 2. The first-order valence-corrected chi connectivity index (χ1v) is 24.1. The summed E-state index contributed by atoms with van der Waals surface area (Å²) in [4.78, 5) is 35.4. The van der Waals surface area contributed by atoms with E-state index in [4.69, 9.17) is 18.5 Å². The quantitative estimate of drug-likeness (QED) is 0.0214. The molecular formula is C45H87NO8P+. The molecule has 0 heterocycles. The minimum absolute atomic E-state index is 0.0306. The molecule has 0 spiro atoms. The first kappa shape index (κ1) is 53.5. The molecule has 0 aliphatic heterocycles. The number of rotatable bonds is 41. The molecule has 0 saturated heterocycles. The number of likely N-dealkylation sites (N-methyl/N-ethyl adjacent to an activating group) is 1. The minimum atomic E-state index is -4.37. The van der Waals surface area contributed by atoms with Crippen LogP contribution in [-0.4, -0.2) is 74.9 Å². The van der Waals surface area contributed by atoms with Crippen LogP contribution in [0.5, 0.6) is 0 Å². The summed E-state index contributed by atoms with van der Waals surface area (Å²) in [5.74, 6) is -0.807. The SMILES string of the molecule is CCCC/C=C/C/C=C/CCCCCCCC(=O)O[C@H](COC(=O)CCCCCCCCCCCCCCCCCCC)COP(=O)(O)OCC[N+](C)(C)C. The second kappa shape index (κ2) is 38.0. The molecule has 0 radical (unpaired) electrons. The smallest absolute Gasteiger partial charge is 0.462 e. The second-order valence-corrected chi connectivity index (χ2v) is 17.9. The third-order valence-corrected chi connectivity index (χ3v) is 10.7. The van der Waals surface area contributed by atoms with Crippen LogP contribution in [0.25, 0.3) is 0 Å². The molecule has 10 heteroatoms. The fourth-order valence-corrected chi connectivity index (χ4v) is 6.89. The lowest BCUT2D eigenvalue weighted by atomic mass is 10.0. The van der Waals surface area contributed by atoms with Gasteiger partial charge in [-0.25, -0.2) is 4.57 Å². The van der Waals surface area contributed by atoms with Gasteiger partial charge in [0.1, 0.15) is 19.8 Å². The summed E-state index contributed by atoms with van der Waals surface area (Å²) in [7, 11) is 1.47. The molecular weight excluding hydrogens is 713 g/mol. The van der Waals surface area contributed by atoms with Gasteiger partial charge in [0.15, 0.2) is 6.10 Å². The van der Waals surface area contributed by atoms with Gasteiger partial charge in [-0.3, -0.25) is 18.6 Å². The van der Waals surface area contributed by atoms with Crippen molar-refractivity contribution in [3.8, 4) is 0 Å². The predicted octanol–water partition coefficient (Wildman–Crippen LogP) is 12.7. The Bertz CT molecular complexity index is 996. The van der Waals surface area contributed by atoms with Gasteiger partial charge >= 0.3 is 19.8 Å². The van der Waals surface area contributed by atoms with Gasteiger partial charge in [-0.2, -0.15) is 0 Å². The van der Waals surface area contributed by atoms with Crippen LogP contribution in [-0.2, 0) is 32.7 Å². The van der Waals surface area contributed by atoms with Crippen molar-refractivity contribution >= 4 is 19.8 Å². The van der Waals surface area contributed by atoms with Crippen molar-refractivity contribution in [1.82, 2.24) is 0 Å². The Morgan fingerprint density at radius 1 is 0.564 bits per heavy atom. The van der Waals surface area contributed by atoms with Gasteiger partial charge < -0.3 is 18.9 Å². The van der Waals surface area contributed by atoms with E-state index in [1.165, 1.54) is 103 Å². The maximum Gasteiger partial charge on any atom is 0.472 e. The highest BCUT2D eigenvalue weighted by Gasteiger charge is 2.27. The number of ether oxygens (including phenoxy) is 2. The van der Waals surface area contributed by atoms with E-state index in [1.807, 2.05) is 21.1 Å². The Hall–Kier alpha value is -1.51. The van der Waals surface area contributed by atoms with Crippen LogP contribution in [0.4, 0.5) is 0 Å². The van der Waals surface area contributed by atoms with Crippen molar-refractivity contribution in [1.29, 1.82) is 0 Å². The molecule has 0 rings (SSSR count). The molecule has 0 aromatic heterocycles. The zero-order valence-corrected chi connectivity index (χ0v) is 37.3. The lowest BCUT2D eigenvalue weighted by molar-refractivity contribution is -0.870. The van der Waals surface area contributed by atoms with Crippen molar-refractivity contribution in [3.05, 3.63) is 24.3 Å². The topological polar surface area (TPSA) is 108 Å². The van der Waals surface area contributed by atoms with Crippen molar-refractivity contribution in [2.45, 2.75) is 206 Å². The number of quaternary nitrogens is 1. The Morgan fingerprint density at radius 3 is 1.49 bits per heavy atom. The molecule has 0 aliphatic carbocycles. The van der Waals surface area contributed by atoms with Crippen LogP contribution in [0.15, 0.2) is 24.3 Å². The highest BCUT2D eigenvalue weighted by atomic mass is 31.2. The third kappa shape index (κ3) is 41.9. The van der Waals surface area contributed by atoms with E-state index in [1.54, 1.807) is 0 Å². The maximum absolute atomic E-state index is 12.7. The van der Waals surface area contributed by atoms with Crippen LogP contribution in [0.2, 0.25) is 0 Å². The Kier molecular flexibility index (Phi) is 37.0. The zero-order chi connectivity index (χ0) is 40.7. The van der Waals surface area contributed by atoms with Crippen LogP contribution in [0.1, 0.15) is 200 Å². The van der Waals surface area contributed by atoms with Gasteiger partial charge in [0.25, 0.3) is 0 Å². The van der Waals surface area contributed by atoms with Gasteiger partial charge in [-0.1, -0.05) is 173 Å². The average Bonchev–Trinajstić information content (AvgIpc) is 3.13. The zero-order valence-electron chi connectivity index (χ0n) is 36.4. The molecule has 0 saturated carbocycles. The van der Waals surface area contributed by atoms with Crippen LogP contribution < -0.4 is 0 Å². The first-order valence-electron chi connectivity index (χ1n) is 22.6. The van der Waals surface area contributed by atoms with E-state index in [0.717, 1.165) is 64.2 Å². The van der Waals surface area contributed by atoms with Crippen molar-refractivity contribution in [3.63, 3.8) is 0 Å². The molecule has 0 aromatic carbocycles. The molecule has 0 bridgehead atoms. The molecule has 0 fully saturated rings. The highest BCUT2D eigenvalue weighted by Crippen LogP contribution is 2.43. The highest BCUT2D eigenvalue weighted by molar-refractivity contribution is 7.47. The molecule has 2 atom stereocenters. The van der Waals surface area contributed by atoms with E-state index in [0.29, 0.717) is 23.9 Å². The summed E-state index contributed by atoms with van der Waals surface area (Å²) < 4.78 is 34.3. The van der Waals surface area contributed by atoms with E-state index in [9.17, 15) is 19.0 Å². The lowest BCUT2D eigenvalue weighted by Crippen LogP contribution is -2.37. The number of hydrogen-bond donors (Lipinski definition) is 1. The summed E-state index contributed by atoms with van der Waals surface area (Å²) in [5, 5.41) is 0. The van der Waals surface area contributed by atoms with Crippen LogP contribution in [0.3, 0.4) is 0 Å². The minimum Gasteiger partial charge on any atom is -0.462 e. The second-order valence-electron chi connectivity index (χ2n) is 16.4. The molecule has 0 aliphatic rings. The number of nitrogens with zero attached hydrogens (tertiary/aromatic N) is 1. The Morgan fingerprint density at radius 2 is 1.00 bits per heavy atom. The number of hydrogen-bond acceptors (Lipinski definition) is 7. The van der Waals surface area contributed by atoms with Gasteiger partial charge in [-0.15, -0.1) is 0 Å². The summed E-state index contributed by atoms with van der Waals surface area (Å²) in [6, 6.07) is 0. The molecule has 324 valence electrons. The number of allylic oxidation sites excluding steroid dienone is 4. The van der Waals surface area contributed by atoms with Crippen LogP contribution >= 0.6 is 7.82 Å². The Balaban J connectivity index is 4.32. The molecule has 0 aromatic rings. The average molecular weight is 801 g/mol. The van der Waals surface area contributed by atoms with Gasteiger partial charge in [0, 0.05) is 12.8 Å². The molecule has 1 N–H and O–H groups in total. The summed E-state index contributed by atoms with van der Waals surface area (Å²) in [6.45, 7) is 4.38. The summed E-state index contributed by atoms with van der Waals surface area (Å²) in [5.41, 5.74) is 0. The first-order chi connectivity index (χ1) is 26.5.